The van der Waals surface area contributed by atoms with Crippen LogP contribution in [0.1, 0.15) is 6.42 Å². The van der Waals surface area contributed by atoms with E-state index in [1.54, 1.807) is 0 Å². The van der Waals surface area contributed by atoms with Gasteiger partial charge >= 0.3 is 11.0 Å². The number of quaternary nitrogens is 1. The van der Waals surface area contributed by atoms with Crippen molar-refractivity contribution in [2.45, 2.75) is 17.4 Å². The van der Waals surface area contributed by atoms with Crippen molar-refractivity contribution in [3.63, 3.8) is 0 Å². The Bertz CT molecular complexity index is 438. The number of rotatable bonds is 4. The average Bonchev–Trinajstić information content (AvgIpc) is 2.14. The van der Waals surface area contributed by atoms with Gasteiger partial charge in [0.05, 0.1) is 6.54 Å². The van der Waals surface area contributed by atoms with Gasteiger partial charge in [-0.25, -0.2) is 16.8 Å². The molecule has 7 nitrogen and oxygen atoms in total. The standard InChI is InChI=1S/C3H10N2.C2F6NO4S2/c4-2-1-3-5;3-1(4,5)14(10,11)9-15(12,13)2(6,7)8/h1-5H2;/q;-1/p+1. The van der Waals surface area contributed by atoms with Crippen LogP contribution in [-0.2, 0) is 20.0 Å². The molecular weight excluding hydrogens is 344 g/mol. The van der Waals surface area contributed by atoms with Crippen LogP contribution in [0.5, 0.6) is 0 Å². The van der Waals surface area contributed by atoms with Crippen molar-refractivity contribution in [1.29, 1.82) is 0 Å². The molecule has 0 bridgehead atoms. The number of hydrogen-bond acceptors (Lipinski definition) is 5. The third-order valence-electron chi connectivity index (χ3n) is 1.24. The summed E-state index contributed by atoms with van der Waals surface area (Å²) in [6.07, 6.45) is 1.06. The summed E-state index contributed by atoms with van der Waals surface area (Å²) in [4.78, 5) is 0. The van der Waals surface area contributed by atoms with E-state index in [1.165, 1.54) is 0 Å². The molecule has 0 aromatic rings. The van der Waals surface area contributed by atoms with E-state index in [0.29, 0.717) is 0 Å². The lowest BCUT2D eigenvalue weighted by atomic mass is 10.4. The summed E-state index contributed by atoms with van der Waals surface area (Å²) in [5.41, 5.74) is -3.71. The van der Waals surface area contributed by atoms with Crippen LogP contribution in [0.25, 0.3) is 4.13 Å². The van der Waals surface area contributed by atoms with Crippen LogP contribution < -0.4 is 11.5 Å². The monoisotopic (exact) mass is 355 g/mol. The zero-order valence-electron chi connectivity index (χ0n) is 9.57. The van der Waals surface area contributed by atoms with E-state index in [-0.39, 0.29) is 0 Å². The number of halogens is 6. The van der Waals surface area contributed by atoms with Crippen molar-refractivity contribution in [3.8, 4) is 0 Å². The number of nitrogens with two attached hydrogens (primary N) is 1. The van der Waals surface area contributed by atoms with Gasteiger partial charge in [0.1, 0.15) is 0 Å². The van der Waals surface area contributed by atoms with E-state index in [4.69, 9.17) is 5.73 Å². The smallest absolute Gasteiger partial charge is 0.421 e. The Labute approximate surface area is 110 Å². The third kappa shape index (κ3) is 7.22. The van der Waals surface area contributed by atoms with Gasteiger partial charge in [-0.05, 0) is 6.54 Å². The first-order chi connectivity index (χ1) is 8.62. The molecule has 0 aromatic heterocycles. The van der Waals surface area contributed by atoms with Crippen molar-refractivity contribution < 1.29 is 48.9 Å². The summed E-state index contributed by atoms with van der Waals surface area (Å²) in [7, 11) is -13.4. The summed E-state index contributed by atoms with van der Waals surface area (Å²) in [6.45, 7) is 1.75. The van der Waals surface area contributed by atoms with Crippen molar-refractivity contribution in [1.82, 2.24) is 0 Å². The Balaban J connectivity index is 0. The SMILES string of the molecule is NCCC[NH3+].O=S(=O)([N-]S(=O)(=O)C(F)(F)F)C(F)(F)F. The predicted octanol–water partition coefficient (Wildman–Crippen LogP) is -0.364. The maximum atomic E-state index is 11.4. The first kappa shape index (κ1) is 21.7. The minimum atomic E-state index is -6.72. The molecule has 0 saturated heterocycles. The van der Waals surface area contributed by atoms with Crippen LogP contribution in [0.2, 0.25) is 0 Å². The van der Waals surface area contributed by atoms with E-state index in [0.717, 1.165) is 23.6 Å². The molecule has 0 aliphatic carbocycles. The predicted molar refractivity (Wildman–Crippen MR) is 54.7 cm³/mol. The molecule has 0 atom stereocenters. The molecule has 0 saturated carbocycles. The Morgan fingerprint density at radius 3 is 1.30 bits per heavy atom. The molecule has 0 unspecified atom stereocenters. The van der Waals surface area contributed by atoms with Crippen LogP contribution in [0.4, 0.5) is 26.3 Å². The maximum Gasteiger partial charge on any atom is 0.480 e. The molecule has 5 N–H and O–H groups in total. The summed E-state index contributed by atoms with van der Waals surface area (Å²) < 4.78 is 109. The highest BCUT2D eigenvalue weighted by molar-refractivity contribution is 8.13. The lowest BCUT2D eigenvalue weighted by Gasteiger charge is -2.22. The fourth-order valence-electron chi connectivity index (χ4n) is 0.358. The van der Waals surface area contributed by atoms with Crippen molar-refractivity contribution in [3.05, 3.63) is 4.13 Å². The second kappa shape index (κ2) is 7.39. The first-order valence-electron chi connectivity index (χ1n) is 4.48. The quantitative estimate of drug-likeness (QED) is 0.664. The zero-order chi connectivity index (χ0) is 16.8. The van der Waals surface area contributed by atoms with Gasteiger partial charge in [-0.2, -0.15) is 26.3 Å². The van der Waals surface area contributed by atoms with E-state index in [9.17, 15) is 43.2 Å². The highest BCUT2D eigenvalue weighted by Crippen LogP contribution is 2.36. The summed E-state index contributed by atoms with van der Waals surface area (Å²) in [5.74, 6) is 0. The molecule has 0 amide bonds. The minimum absolute atomic E-state index is 0.778. The van der Waals surface area contributed by atoms with Crippen LogP contribution in [-0.4, -0.2) is 40.9 Å². The van der Waals surface area contributed by atoms with Crippen molar-refractivity contribution in [2.75, 3.05) is 13.1 Å². The Morgan fingerprint density at radius 2 is 1.20 bits per heavy atom. The second-order valence-electron chi connectivity index (χ2n) is 2.91. The lowest BCUT2D eigenvalue weighted by Crippen LogP contribution is -2.50. The second-order valence-corrected chi connectivity index (χ2v) is 6.33. The van der Waals surface area contributed by atoms with Gasteiger partial charge in [0.15, 0.2) is 20.0 Å². The molecule has 0 radical (unpaired) electrons. The van der Waals surface area contributed by atoms with Crippen LogP contribution in [0, 0.1) is 0 Å². The van der Waals surface area contributed by atoms with Gasteiger partial charge in [0.2, 0.25) is 0 Å². The minimum Gasteiger partial charge on any atom is -0.421 e. The van der Waals surface area contributed by atoms with E-state index < -0.39 is 31.1 Å². The molecule has 0 aliphatic rings. The molecular formula is C5H11F6N3O4S2. The van der Waals surface area contributed by atoms with E-state index in [1.807, 2.05) is 0 Å². The van der Waals surface area contributed by atoms with Gasteiger partial charge in [-0.15, -0.1) is 0 Å². The van der Waals surface area contributed by atoms with E-state index in [2.05, 4.69) is 5.73 Å². The normalized spacial score (nSPS) is 13.6. The number of hydrogen-bond donors (Lipinski definition) is 2. The molecule has 15 heteroatoms. The first-order valence-corrected chi connectivity index (χ1v) is 7.36. The van der Waals surface area contributed by atoms with Gasteiger partial charge in [0, 0.05) is 6.42 Å². The molecule has 0 fully saturated rings. The van der Waals surface area contributed by atoms with Crippen LogP contribution in [0.3, 0.4) is 0 Å². The summed E-state index contributed by atoms with van der Waals surface area (Å²) in [6, 6.07) is 0. The number of nitrogens with zero attached hydrogens (tertiary/aromatic N) is 1. The fourth-order valence-corrected chi connectivity index (χ4v) is 2.07. The fraction of sp³-hybridized carbons (Fsp3) is 1.00. The maximum absolute atomic E-state index is 11.4. The van der Waals surface area contributed by atoms with Crippen LogP contribution in [0.15, 0.2) is 0 Å². The molecule has 20 heavy (non-hydrogen) atoms. The van der Waals surface area contributed by atoms with Crippen molar-refractivity contribution in [2.24, 2.45) is 5.73 Å². The van der Waals surface area contributed by atoms with E-state index >= 15 is 0 Å². The Hall–Kier alpha value is -0.640. The lowest BCUT2D eigenvalue weighted by molar-refractivity contribution is -0.367. The highest BCUT2D eigenvalue weighted by Gasteiger charge is 2.46. The topological polar surface area (TPSA) is 136 Å². The third-order valence-corrected chi connectivity index (χ3v) is 3.98. The Kier molecular flexibility index (Phi) is 8.00. The molecule has 0 aromatic carbocycles. The largest absolute Gasteiger partial charge is 0.480 e. The van der Waals surface area contributed by atoms with Gasteiger partial charge in [-0.3, -0.25) is 0 Å². The zero-order valence-corrected chi connectivity index (χ0v) is 11.2. The van der Waals surface area contributed by atoms with Gasteiger partial charge in [-0.1, -0.05) is 0 Å². The summed E-state index contributed by atoms with van der Waals surface area (Å²) >= 11 is 0. The van der Waals surface area contributed by atoms with Gasteiger partial charge in [0.25, 0.3) is 0 Å². The molecule has 0 heterocycles. The average molecular weight is 355 g/mol. The Morgan fingerprint density at radius 1 is 0.900 bits per heavy atom. The van der Waals surface area contributed by atoms with Crippen LogP contribution >= 0.6 is 0 Å². The highest BCUT2D eigenvalue weighted by atomic mass is 32.3. The number of alkyl halides is 6. The van der Waals surface area contributed by atoms with Crippen molar-refractivity contribution >= 4 is 20.0 Å². The molecule has 0 spiro atoms. The molecule has 0 aliphatic heterocycles. The molecule has 0 rings (SSSR count). The summed E-state index contributed by atoms with van der Waals surface area (Å²) in [5, 5.41) is 0. The number of sulfonamides is 2. The molecule has 124 valence electrons. The van der Waals surface area contributed by atoms with Gasteiger partial charge < -0.3 is 15.6 Å².